The van der Waals surface area contributed by atoms with E-state index in [9.17, 15) is 5.26 Å². The van der Waals surface area contributed by atoms with Crippen molar-refractivity contribution >= 4 is 0 Å². The van der Waals surface area contributed by atoms with Crippen molar-refractivity contribution in [3.05, 3.63) is 58.7 Å². The molecule has 0 radical (unpaired) electrons. The first kappa shape index (κ1) is 18.6. The summed E-state index contributed by atoms with van der Waals surface area (Å²) < 4.78 is 6.03. The third-order valence-electron chi connectivity index (χ3n) is 4.11. The first-order chi connectivity index (χ1) is 11.5. The van der Waals surface area contributed by atoms with E-state index >= 15 is 0 Å². The lowest BCUT2D eigenvalue weighted by atomic mass is 9.80. The molecule has 2 rings (SSSR count). The smallest absolute Gasteiger partial charge is 0.128 e. The number of hydrogen-bond donors (Lipinski definition) is 0. The van der Waals surface area contributed by atoms with Crippen molar-refractivity contribution in [1.29, 1.82) is 10.5 Å². The van der Waals surface area contributed by atoms with E-state index in [2.05, 4.69) is 47.6 Å². The van der Waals surface area contributed by atoms with Gasteiger partial charge in [0.25, 0.3) is 0 Å². The predicted octanol–water partition coefficient (Wildman–Crippen LogP) is 5.82. The Morgan fingerprint density at radius 2 is 1.20 bits per heavy atom. The molecule has 2 aromatic rings. The van der Waals surface area contributed by atoms with Gasteiger partial charge in [0.05, 0.1) is 11.1 Å². The molecule has 128 valence electrons. The zero-order valence-corrected chi connectivity index (χ0v) is 15.8. The van der Waals surface area contributed by atoms with Gasteiger partial charge in [0.2, 0.25) is 0 Å². The third kappa shape index (κ3) is 4.40. The predicted molar refractivity (Wildman–Crippen MR) is 99.8 cm³/mol. The van der Waals surface area contributed by atoms with Gasteiger partial charge >= 0.3 is 0 Å². The van der Waals surface area contributed by atoms with Crippen LogP contribution in [0.3, 0.4) is 0 Å². The normalized spacial score (nSPS) is 11.5. The van der Waals surface area contributed by atoms with Gasteiger partial charge in [0.15, 0.2) is 0 Å². The average molecular weight is 332 g/mol. The number of rotatable bonds is 2. The summed E-state index contributed by atoms with van der Waals surface area (Å²) in [5.41, 5.74) is 3.08. The summed E-state index contributed by atoms with van der Waals surface area (Å²) >= 11 is 0. The molecule has 0 saturated carbocycles. The second-order valence-electron chi connectivity index (χ2n) is 8.28. The fourth-order valence-corrected chi connectivity index (χ4v) is 2.44. The highest BCUT2D eigenvalue weighted by atomic mass is 16.5. The molecular weight excluding hydrogens is 308 g/mol. The first-order valence-corrected chi connectivity index (χ1v) is 8.33. The van der Waals surface area contributed by atoms with E-state index in [1.54, 1.807) is 18.2 Å². The highest BCUT2D eigenvalue weighted by Crippen LogP contribution is 2.34. The molecule has 0 amide bonds. The van der Waals surface area contributed by atoms with Gasteiger partial charge in [0, 0.05) is 0 Å². The van der Waals surface area contributed by atoms with E-state index < -0.39 is 0 Å². The van der Waals surface area contributed by atoms with E-state index in [0.29, 0.717) is 16.9 Å². The summed E-state index contributed by atoms with van der Waals surface area (Å²) in [5.74, 6) is 1.30. The maximum atomic E-state index is 9.18. The van der Waals surface area contributed by atoms with Gasteiger partial charge in [-0.1, -0.05) is 47.6 Å². The van der Waals surface area contributed by atoms with Gasteiger partial charge in [-0.3, -0.25) is 0 Å². The molecule has 0 aliphatic rings. The number of benzene rings is 2. The van der Waals surface area contributed by atoms with Crippen molar-refractivity contribution < 1.29 is 4.74 Å². The largest absolute Gasteiger partial charge is 0.457 e. The molecule has 0 aromatic heterocycles. The Bertz CT molecular complexity index is 837. The summed E-state index contributed by atoms with van der Waals surface area (Å²) in [6.07, 6.45) is 0. The van der Waals surface area contributed by atoms with E-state index in [1.807, 2.05) is 24.3 Å². The van der Waals surface area contributed by atoms with Crippen molar-refractivity contribution in [3.8, 4) is 23.6 Å². The number of nitrogens with zero attached hydrogens (tertiary/aromatic N) is 2. The van der Waals surface area contributed by atoms with Crippen molar-refractivity contribution in [1.82, 2.24) is 0 Å². The molecule has 25 heavy (non-hydrogen) atoms. The molecule has 0 fully saturated rings. The Kier molecular flexibility index (Phi) is 4.91. The van der Waals surface area contributed by atoms with Gasteiger partial charge in [0.1, 0.15) is 23.6 Å². The quantitative estimate of drug-likeness (QED) is 0.696. The molecule has 0 saturated heterocycles. The Hall–Kier alpha value is -2.78. The van der Waals surface area contributed by atoms with Crippen LogP contribution in [0.2, 0.25) is 0 Å². The molecule has 0 N–H and O–H groups in total. The van der Waals surface area contributed by atoms with E-state index in [0.717, 1.165) is 5.75 Å². The fourth-order valence-electron chi connectivity index (χ4n) is 2.44. The number of nitriles is 2. The second kappa shape index (κ2) is 6.61. The fraction of sp³-hybridized carbons (Fsp3) is 0.364. The number of hydrogen-bond acceptors (Lipinski definition) is 3. The molecule has 0 aliphatic carbocycles. The highest BCUT2D eigenvalue weighted by molar-refractivity contribution is 5.50. The molecule has 0 atom stereocenters. The topological polar surface area (TPSA) is 56.8 Å². The maximum Gasteiger partial charge on any atom is 0.128 e. The van der Waals surface area contributed by atoms with Crippen molar-refractivity contribution in [3.63, 3.8) is 0 Å². The lowest BCUT2D eigenvalue weighted by Crippen LogP contribution is -2.16. The van der Waals surface area contributed by atoms with Crippen LogP contribution < -0.4 is 4.74 Å². The van der Waals surface area contributed by atoms with Crippen LogP contribution in [0.1, 0.15) is 63.8 Å². The summed E-state index contributed by atoms with van der Waals surface area (Å²) in [5, 5.41) is 18.2. The van der Waals surface area contributed by atoms with Crippen LogP contribution in [0.25, 0.3) is 0 Å². The standard InChI is InChI=1S/C22H24N2O/c1-21(2,3)17-10-18(22(4,5)6)12-20(11-17)25-19-8-7-15(13-23)16(9-19)14-24/h7-12H,1-6H3. The van der Waals surface area contributed by atoms with Crippen LogP contribution >= 0.6 is 0 Å². The molecule has 3 heteroatoms. The lowest BCUT2D eigenvalue weighted by Gasteiger charge is -2.26. The van der Waals surface area contributed by atoms with E-state index in [1.165, 1.54) is 11.1 Å². The van der Waals surface area contributed by atoms with Gasteiger partial charge in [-0.2, -0.15) is 10.5 Å². The zero-order chi connectivity index (χ0) is 18.8. The zero-order valence-electron chi connectivity index (χ0n) is 15.8. The summed E-state index contributed by atoms with van der Waals surface area (Å²) in [7, 11) is 0. The van der Waals surface area contributed by atoms with Gasteiger partial charge in [-0.05, 0) is 52.3 Å². The molecule has 0 unspecified atom stereocenters. The minimum atomic E-state index is 0.00184. The Labute approximate surface area is 150 Å². The Morgan fingerprint density at radius 1 is 0.680 bits per heavy atom. The second-order valence-corrected chi connectivity index (χ2v) is 8.28. The van der Waals surface area contributed by atoms with Gasteiger partial charge in [-0.25, -0.2) is 0 Å². The maximum absolute atomic E-state index is 9.18. The first-order valence-electron chi connectivity index (χ1n) is 8.33. The van der Waals surface area contributed by atoms with Gasteiger partial charge < -0.3 is 4.74 Å². The van der Waals surface area contributed by atoms with Crippen LogP contribution in [0.4, 0.5) is 0 Å². The number of ether oxygens (including phenoxy) is 1. The van der Waals surface area contributed by atoms with Crippen LogP contribution in [0, 0.1) is 22.7 Å². The molecular formula is C22H24N2O. The Balaban J connectivity index is 2.50. The monoisotopic (exact) mass is 332 g/mol. The molecule has 0 aliphatic heterocycles. The minimum Gasteiger partial charge on any atom is -0.457 e. The van der Waals surface area contributed by atoms with Crippen molar-refractivity contribution in [2.45, 2.75) is 52.4 Å². The molecule has 0 bridgehead atoms. The SMILES string of the molecule is CC(C)(C)c1cc(Oc2ccc(C#N)c(C#N)c2)cc(C(C)(C)C)c1. The van der Waals surface area contributed by atoms with E-state index in [4.69, 9.17) is 10.00 Å². The van der Waals surface area contributed by atoms with Crippen LogP contribution in [-0.4, -0.2) is 0 Å². The van der Waals surface area contributed by atoms with Crippen LogP contribution in [0.15, 0.2) is 36.4 Å². The minimum absolute atomic E-state index is 0.00184. The molecule has 0 spiro atoms. The van der Waals surface area contributed by atoms with Crippen molar-refractivity contribution in [2.24, 2.45) is 0 Å². The molecule has 0 heterocycles. The highest BCUT2D eigenvalue weighted by Gasteiger charge is 2.21. The molecule has 2 aromatic carbocycles. The summed E-state index contributed by atoms with van der Waals surface area (Å²) in [4.78, 5) is 0. The average Bonchev–Trinajstić information content (AvgIpc) is 2.52. The van der Waals surface area contributed by atoms with Crippen molar-refractivity contribution in [2.75, 3.05) is 0 Å². The van der Waals surface area contributed by atoms with Crippen LogP contribution in [0.5, 0.6) is 11.5 Å². The lowest BCUT2D eigenvalue weighted by molar-refractivity contribution is 0.473. The van der Waals surface area contributed by atoms with Crippen LogP contribution in [-0.2, 0) is 10.8 Å². The van der Waals surface area contributed by atoms with Gasteiger partial charge in [-0.15, -0.1) is 0 Å². The van der Waals surface area contributed by atoms with E-state index in [-0.39, 0.29) is 10.8 Å². The summed E-state index contributed by atoms with van der Waals surface area (Å²) in [6, 6.07) is 15.3. The third-order valence-corrected chi connectivity index (χ3v) is 4.11. The summed E-state index contributed by atoms with van der Waals surface area (Å²) in [6.45, 7) is 13.0. The molecule has 3 nitrogen and oxygen atoms in total. The Morgan fingerprint density at radius 3 is 1.64 bits per heavy atom.